The lowest BCUT2D eigenvalue weighted by molar-refractivity contribution is -0.123. The van der Waals surface area contributed by atoms with Gasteiger partial charge < -0.3 is 4.98 Å². The molecule has 0 aromatic carbocycles. The third-order valence-corrected chi connectivity index (χ3v) is 5.23. The van der Waals surface area contributed by atoms with Crippen molar-refractivity contribution in [3.63, 3.8) is 0 Å². The van der Waals surface area contributed by atoms with Gasteiger partial charge in [0.2, 0.25) is 0 Å². The quantitative estimate of drug-likeness (QED) is 0.832. The van der Waals surface area contributed by atoms with Crippen LogP contribution in [0.4, 0.5) is 0 Å². The monoisotopic (exact) mass is 302 g/mol. The molecule has 3 rings (SSSR count). The highest BCUT2D eigenvalue weighted by Crippen LogP contribution is 2.39. The Bertz CT molecular complexity index is 570. The minimum absolute atomic E-state index is 0.0466. The van der Waals surface area contributed by atoms with Crippen LogP contribution >= 0.6 is 0 Å². The molecule has 2 aliphatic carbocycles. The summed E-state index contributed by atoms with van der Waals surface area (Å²) in [4.78, 5) is 33.5. The van der Waals surface area contributed by atoms with Crippen LogP contribution in [0, 0.1) is 5.92 Å². The van der Waals surface area contributed by atoms with E-state index in [1.807, 2.05) is 6.92 Å². The van der Waals surface area contributed by atoms with Gasteiger partial charge in [-0.15, -0.1) is 0 Å². The van der Waals surface area contributed by atoms with Crippen molar-refractivity contribution < 1.29 is 9.59 Å². The Morgan fingerprint density at radius 1 is 1.05 bits per heavy atom. The lowest BCUT2D eigenvalue weighted by atomic mass is 9.76. The zero-order valence-electron chi connectivity index (χ0n) is 13.7. The molecule has 0 radical (unpaired) electrons. The fourth-order valence-electron chi connectivity index (χ4n) is 4.06. The molecule has 0 spiro atoms. The van der Waals surface area contributed by atoms with Crippen molar-refractivity contribution in [1.29, 1.82) is 0 Å². The third kappa shape index (κ3) is 2.53. The minimum Gasteiger partial charge on any atom is -0.344 e. The molecular weight excluding hydrogens is 276 g/mol. The summed E-state index contributed by atoms with van der Waals surface area (Å²) < 4.78 is 0. The molecule has 0 saturated heterocycles. The van der Waals surface area contributed by atoms with Crippen LogP contribution < -0.4 is 0 Å². The van der Waals surface area contributed by atoms with Crippen molar-refractivity contribution in [2.45, 2.75) is 77.0 Å². The molecule has 2 aliphatic rings. The number of rotatable bonds is 5. The third-order valence-electron chi connectivity index (χ3n) is 5.23. The van der Waals surface area contributed by atoms with Gasteiger partial charge in [0.1, 0.15) is 11.5 Å². The largest absolute Gasteiger partial charge is 0.344 e. The van der Waals surface area contributed by atoms with Crippen molar-refractivity contribution in [2.24, 2.45) is 5.92 Å². The number of nitrogens with zero attached hydrogens (tertiary/aromatic N) is 1. The van der Waals surface area contributed by atoms with E-state index in [1.54, 1.807) is 0 Å². The Labute approximate surface area is 132 Å². The fraction of sp³-hybridized carbons (Fsp3) is 0.722. The normalized spacial score (nSPS) is 25.7. The number of hydrogen-bond donors (Lipinski definition) is 1. The number of Topliss-reactive ketones (excluding diaryl/α,β-unsaturated/α-hetero) is 2. The first-order valence-corrected chi connectivity index (χ1v) is 8.85. The number of ketones is 2. The van der Waals surface area contributed by atoms with E-state index in [1.165, 1.54) is 12.8 Å². The van der Waals surface area contributed by atoms with Gasteiger partial charge in [0.15, 0.2) is 11.6 Å². The van der Waals surface area contributed by atoms with E-state index in [0.717, 1.165) is 43.6 Å². The van der Waals surface area contributed by atoms with Crippen molar-refractivity contribution in [3.05, 3.63) is 17.2 Å². The lowest BCUT2D eigenvalue weighted by Gasteiger charge is -2.25. The molecule has 0 amide bonds. The maximum absolute atomic E-state index is 12.7. The summed E-state index contributed by atoms with van der Waals surface area (Å²) in [5.41, 5.74) is 1.38. The Balaban J connectivity index is 1.99. The molecular formula is C18H26N2O2. The van der Waals surface area contributed by atoms with E-state index in [-0.39, 0.29) is 17.5 Å². The summed E-state index contributed by atoms with van der Waals surface area (Å²) in [6, 6.07) is 0. The number of hydrogen-bond acceptors (Lipinski definition) is 3. The Kier molecular flexibility index (Phi) is 4.46. The van der Waals surface area contributed by atoms with Crippen LogP contribution in [0.3, 0.4) is 0 Å². The molecule has 120 valence electrons. The average Bonchev–Trinajstić information content (AvgIpc) is 3.16. The molecule has 2 unspecified atom stereocenters. The highest BCUT2D eigenvalue weighted by Gasteiger charge is 2.42. The second-order valence-electron chi connectivity index (χ2n) is 6.81. The number of carbonyl (C=O) groups excluding carboxylic acids is 2. The second-order valence-corrected chi connectivity index (χ2v) is 6.81. The zero-order valence-corrected chi connectivity index (χ0v) is 13.7. The molecule has 2 atom stereocenters. The predicted molar refractivity (Wildman–Crippen MR) is 85.2 cm³/mol. The van der Waals surface area contributed by atoms with E-state index in [0.29, 0.717) is 18.0 Å². The van der Waals surface area contributed by atoms with Crippen molar-refractivity contribution in [1.82, 2.24) is 9.97 Å². The summed E-state index contributed by atoms with van der Waals surface area (Å²) in [6.45, 7) is 4.12. The molecule has 22 heavy (non-hydrogen) atoms. The first kappa shape index (κ1) is 15.4. The van der Waals surface area contributed by atoms with Gasteiger partial charge in [-0.25, -0.2) is 4.98 Å². The minimum atomic E-state index is -0.464. The van der Waals surface area contributed by atoms with Crippen molar-refractivity contribution in [2.75, 3.05) is 0 Å². The molecule has 1 heterocycles. The van der Waals surface area contributed by atoms with E-state index in [9.17, 15) is 9.59 Å². The fourth-order valence-corrected chi connectivity index (χ4v) is 4.06. The van der Waals surface area contributed by atoms with Crippen molar-refractivity contribution in [3.8, 4) is 0 Å². The molecule has 1 aromatic rings. The highest BCUT2D eigenvalue weighted by atomic mass is 16.2. The molecule has 4 heteroatoms. The summed E-state index contributed by atoms with van der Waals surface area (Å²) in [6.07, 6.45) is 8.03. The molecule has 4 nitrogen and oxygen atoms in total. The molecule has 0 bridgehead atoms. The number of carbonyl (C=O) groups is 2. The summed E-state index contributed by atoms with van der Waals surface area (Å²) in [5.74, 6) is 0.838. The first-order valence-electron chi connectivity index (χ1n) is 8.85. The molecule has 1 fully saturated rings. The van der Waals surface area contributed by atoms with Crippen LogP contribution in [0.25, 0.3) is 0 Å². The summed E-state index contributed by atoms with van der Waals surface area (Å²) in [7, 11) is 0. The van der Waals surface area contributed by atoms with E-state index < -0.39 is 5.92 Å². The van der Waals surface area contributed by atoms with E-state index in [4.69, 9.17) is 0 Å². The molecule has 0 aliphatic heterocycles. The van der Waals surface area contributed by atoms with E-state index >= 15 is 0 Å². The number of imidazole rings is 1. The predicted octanol–water partition coefficient (Wildman–Crippen LogP) is 4.13. The van der Waals surface area contributed by atoms with Crippen LogP contribution in [0.15, 0.2) is 0 Å². The molecule has 1 saturated carbocycles. The first-order chi connectivity index (χ1) is 10.7. The van der Waals surface area contributed by atoms with Gasteiger partial charge in [0.25, 0.3) is 0 Å². The van der Waals surface area contributed by atoms with Gasteiger partial charge in [-0.05, 0) is 25.7 Å². The number of fused-ring (bicyclic) bond motifs is 1. The lowest BCUT2D eigenvalue weighted by Crippen LogP contribution is -2.35. The van der Waals surface area contributed by atoms with Gasteiger partial charge in [-0.2, -0.15) is 0 Å². The Morgan fingerprint density at radius 3 is 2.32 bits per heavy atom. The molecule has 1 N–H and O–H groups in total. The topological polar surface area (TPSA) is 62.8 Å². The molecule has 1 aromatic heterocycles. The van der Waals surface area contributed by atoms with Gasteiger partial charge in [0, 0.05) is 5.92 Å². The maximum atomic E-state index is 12.7. The highest BCUT2D eigenvalue weighted by molar-refractivity contribution is 6.15. The SMILES string of the molecule is CCCC1C(=O)c2nc(C3CCCC3)[nH]c2C(CCC)C1=O. The zero-order chi connectivity index (χ0) is 15.7. The number of H-pyrrole nitrogens is 1. The van der Waals surface area contributed by atoms with Crippen LogP contribution in [-0.2, 0) is 4.79 Å². The van der Waals surface area contributed by atoms with Crippen LogP contribution in [0.1, 0.15) is 99.1 Å². The number of nitrogens with one attached hydrogen (secondary N) is 1. The smallest absolute Gasteiger partial charge is 0.193 e. The second kappa shape index (κ2) is 6.35. The summed E-state index contributed by atoms with van der Waals surface area (Å²) >= 11 is 0. The van der Waals surface area contributed by atoms with Crippen LogP contribution in [-0.4, -0.2) is 21.5 Å². The van der Waals surface area contributed by atoms with Gasteiger partial charge in [-0.3, -0.25) is 9.59 Å². The van der Waals surface area contributed by atoms with Crippen molar-refractivity contribution >= 4 is 11.6 Å². The van der Waals surface area contributed by atoms with Crippen LogP contribution in [0.2, 0.25) is 0 Å². The summed E-state index contributed by atoms with van der Waals surface area (Å²) in [5, 5.41) is 0. The number of aromatic amines is 1. The maximum Gasteiger partial charge on any atom is 0.193 e. The number of aromatic nitrogens is 2. The van der Waals surface area contributed by atoms with Gasteiger partial charge in [-0.1, -0.05) is 39.5 Å². The Morgan fingerprint density at radius 2 is 1.68 bits per heavy atom. The standard InChI is InChI=1S/C18H26N2O2/c1-3-7-12-14-15(17(22)13(8-4-2)16(12)21)20-18(19-14)11-9-5-6-10-11/h11-13H,3-10H2,1-2H3,(H,19,20). The van der Waals surface area contributed by atoms with Crippen LogP contribution in [0.5, 0.6) is 0 Å². The van der Waals surface area contributed by atoms with Gasteiger partial charge >= 0.3 is 0 Å². The van der Waals surface area contributed by atoms with Gasteiger partial charge in [0.05, 0.1) is 17.5 Å². The average molecular weight is 302 g/mol. The van der Waals surface area contributed by atoms with E-state index in [2.05, 4.69) is 16.9 Å². The Hall–Kier alpha value is -1.45.